The molecule has 0 unspecified atom stereocenters. The molecule has 1 aliphatic rings. The lowest BCUT2D eigenvalue weighted by Crippen LogP contribution is -2.46. The minimum absolute atomic E-state index is 0.00432. The first-order valence-corrected chi connectivity index (χ1v) is 13.2. The van der Waals surface area contributed by atoms with E-state index >= 15 is 0 Å². The fraction of sp³-hybridized carbons (Fsp3) is 0.481. The molecule has 1 aliphatic heterocycles. The van der Waals surface area contributed by atoms with Gasteiger partial charge in [-0.05, 0) is 56.9 Å². The molecule has 11 heteroatoms. The Balaban J connectivity index is 1.59. The Hall–Kier alpha value is -3.05. The number of halogens is 3. The van der Waals surface area contributed by atoms with E-state index in [-0.39, 0.29) is 23.9 Å². The van der Waals surface area contributed by atoms with Gasteiger partial charge in [0.25, 0.3) is 0 Å². The molecule has 1 atom stereocenters. The van der Waals surface area contributed by atoms with E-state index in [9.17, 15) is 22.8 Å². The van der Waals surface area contributed by atoms with E-state index in [1.54, 1.807) is 24.0 Å². The lowest BCUT2D eigenvalue weighted by molar-refractivity contribution is -0.138. The summed E-state index contributed by atoms with van der Waals surface area (Å²) in [5, 5.41) is 12.4. The fourth-order valence-electron chi connectivity index (χ4n) is 4.98. The Morgan fingerprint density at radius 2 is 1.89 bits per heavy atom. The predicted molar refractivity (Wildman–Crippen MR) is 140 cm³/mol. The summed E-state index contributed by atoms with van der Waals surface area (Å²) in [6.45, 7) is 7.96. The van der Waals surface area contributed by atoms with Crippen molar-refractivity contribution < 1.29 is 27.5 Å². The maximum atomic E-state index is 13.7. The molecule has 1 N–H and O–H groups in total. The van der Waals surface area contributed by atoms with E-state index in [2.05, 4.69) is 15.5 Å². The molecule has 3 aromatic rings. The normalized spacial score (nSPS) is 16.5. The van der Waals surface area contributed by atoms with Gasteiger partial charge in [0.1, 0.15) is 6.61 Å². The van der Waals surface area contributed by atoms with Crippen molar-refractivity contribution in [3.8, 4) is 0 Å². The summed E-state index contributed by atoms with van der Waals surface area (Å²) >= 11 is 1.34. The van der Waals surface area contributed by atoms with Crippen molar-refractivity contribution >= 4 is 38.9 Å². The third-order valence-corrected chi connectivity index (χ3v) is 8.62. The summed E-state index contributed by atoms with van der Waals surface area (Å²) in [5.41, 5.74) is 0.0400. The van der Waals surface area contributed by atoms with Crippen molar-refractivity contribution in [1.82, 2.24) is 15.1 Å². The van der Waals surface area contributed by atoms with Crippen LogP contribution in [-0.4, -0.2) is 53.6 Å². The SMILES string of the molecule is COCC(=O)N1CCC(C)(C(=O)c2cc3c(N[C@H](C)c4cccc(C(F)(F)F)c4C)nnc(C)c3s2)CC1. The minimum atomic E-state index is -4.44. The lowest BCUT2D eigenvalue weighted by Gasteiger charge is -2.38. The number of piperidine rings is 1. The standard InChI is InChI=1S/C27H31F3N4O3S/c1-15-18(7-6-8-20(15)27(28,29)30)16(2)31-25-19-13-21(38-23(19)17(3)32-33-25)24(36)26(4)9-11-34(12-10-26)22(35)14-37-5/h6-8,13,16H,9-12,14H2,1-5H3,(H,31,33)/t16-/m1/s1. The number of likely N-dealkylation sites (tertiary alicyclic amines) is 1. The average Bonchev–Trinajstić information content (AvgIpc) is 3.32. The number of aryl methyl sites for hydroxylation is 1. The number of hydrogen-bond acceptors (Lipinski definition) is 7. The summed E-state index contributed by atoms with van der Waals surface area (Å²) in [6.07, 6.45) is -3.35. The number of fused-ring (bicyclic) bond motifs is 1. The van der Waals surface area contributed by atoms with Gasteiger partial charge in [-0.1, -0.05) is 19.1 Å². The number of thiophene rings is 1. The van der Waals surface area contributed by atoms with Crippen molar-refractivity contribution in [2.45, 2.75) is 52.8 Å². The van der Waals surface area contributed by atoms with Crippen LogP contribution in [0.15, 0.2) is 24.3 Å². The molecular formula is C27H31F3N4O3S. The highest BCUT2D eigenvalue weighted by Crippen LogP contribution is 2.40. The number of benzene rings is 1. The molecule has 1 aromatic carbocycles. The summed E-state index contributed by atoms with van der Waals surface area (Å²) < 4.78 is 46.0. The van der Waals surface area contributed by atoms with E-state index in [4.69, 9.17) is 4.74 Å². The van der Waals surface area contributed by atoms with Crippen LogP contribution in [0.5, 0.6) is 0 Å². The first kappa shape index (κ1) is 28.0. The lowest BCUT2D eigenvalue weighted by atomic mass is 9.76. The van der Waals surface area contributed by atoms with Crippen LogP contribution in [0.25, 0.3) is 10.1 Å². The molecule has 1 amide bonds. The zero-order valence-electron chi connectivity index (χ0n) is 22.0. The Morgan fingerprint density at radius 1 is 1.21 bits per heavy atom. The number of aromatic nitrogens is 2. The van der Waals surface area contributed by atoms with Crippen LogP contribution < -0.4 is 5.32 Å². The second kappa shape index (κ2) is 10.6. The molecule has 0 aliphatic carbocycles. The van der Waals surface area contributed by atoms with Gasteiger partial charge < -0.3 is 15.0 Å². The smallest absolute Gasteiger partial charge is 0.375 e. The molecule has 204 valence electrons. The van der Waals surface area contributed by atoms with Crippen LogP contribution in [0.1, 0.15) is 64.8 Å². The Kier molecular flexibility index (Phi) is 7.81. The van der Waals surface area contributed by atoms with E-state index in [0.717, 1.165) is 10.8 Å². The number of anilines is 1. The molecule has 7 nitrogen and oxygen atoms in total. The van der Waals surface area contributed by atoms with Crippen molar-refractivity contribution in [3.63, 3.8) is 0 Å². The number of hydrogen-bond donors (Lipinski definition) is 1. The fourth-order valence-corrected chi connectivity index (χ4v) is 6.17. The first-order chi connectivity index (χ1) is 17.9. The van der Waals surface area contributed by atoms with Gasteiger partial charge in [0.15, 0.2) is 11.6 Å². The van der Waals surface area contributed by atoms with Gasteiger partial charge in [-0.3, -0.25) is 9.59 Å². The summed E-state index contributed by atoms with van der Waals surface area (Å²) in [5.74, 6) is 0.331. The van der Waals surface area contributed by atoms with Crippen molar-refractivity contribution in [3.05, 3.63) is 51.5 Å². The second-order valence-electron chi connectivity index (χ2n) is 10.1. The van der Waals surface area contributed by atoms with Gasteiger partial charge in [0.05, 0.1) is 26.9 Å². The average molecular weight is 549 g/mol. The second-order valence-corrected chi connectivity index (χ2v) is 11.1. The van der Waals surface area contributed by atoms with E-state index in [1.165, 1.54) is 31.4 Å². The van der Waals surface area contributed by atoms with Gasteiger partial charge in [-0.25, -0.2) is 0 Å². The number of carbonyl (C=O) groups excluding carboxylic acids is 2. The molecule has 1 saturated heterocycles. The van der Waals surface area contributed by atoms with E-state index in [1.807, 2.05) is 13.8 Å². The molecule has 1 fully saturated rings. The minimum Gasteiger partial charge on any atom is -0.375 e. The highest BCUT2D eigenvalue weighted by Gasteiger charge is 2.39. The Bertz CT molecular complexity index is 1360. The number of Topliss-reactive ketones (excluding diaryl/α,β-unsaturated/α-hetero) is 1. The molecule has 0 bridgehead atoms. The number of rotatable bonds is 7. The van der Waals surface area contributed by atoms with Crippen molar-refractivity contribution in [1.29, 1.82) is 0 Å². The Labute approximate surface area is 223 Å². The quantitative estimate of drug-likeness (QED) is 0.367. The number of nitrogens with one attached hydrogen (secondary N) is 1. The van der Waals surface area contributed by atoms with Crippen LogP contribution in [-0.2, 0) is 15.7 Å². The zero-order valence-corrected chi connectivity index (χ0v) is 22.8. The molecular weight excluding hydrogens is 517 g/mol. The summed E-state index contributed by atoms with van der Waals surface area (Å²) in [6, 6.07) is 5.45. The highest BCUT2D eigenvalue weighted by molar-refractivity contribution is 7.21. The zero-order chi connectivity index (χ0) is 27.8. The predicted octanol–water partition coefficient (Wildman–Crippen LogP) is 5.96. The highest BCUT2D eigenvalue weighted by atomic mass is 32.1. The number of alkyl halides is 3. The third kappa shape index (κ3) is 5.40. The van der Waals surface area contributed by atoms with Crippen LogP contribution in [0, 0.1) is 19.3 Å². The van der Waals surface area contributed by atoms with Crippen LogP contribution in [0.3, 0.4) is 0 Å². The third-order valence-electron chi connectivity index (χ3n) is 7.38. The number of ether oxygens (including phenoxy) is 1. The number of carbonyl (C=O) groups is 2. The van der Waals surface area contributed by atoms with Gasteiger partial charge in [-0.15, -0.1) is 16.4 Å². The maximum absolute atomic E-state index is 13.7. The van der Waals surface area contributed by atoms with Crippen molar-refractivity contribution in [2.24, 2.45) is 5.41 Å². The van der Waals surface area contributed by atoms with Crippen molar-refractivity contribution in [2.75, 3.05) is 32.1 Å². The van der Waals surface area contributed by atoms with Crippen LogP contribution in [0.4, 0.5) is 19.0 Å². The molecule has 0 radical (unpaired) electrons. The molecule has 4 rings (SSSR count). The van der Waals surface area contributed by atoms with Gasteiger partial charge in [0, 0.05) is 31.0 Å². The first-order valence-electron chi connectivity index (χ1n) is 12.4. The number of amides is 1. The molecule has 0 saturated carbocycles. The maximum Gasteiger partial charge on any atom is 0.416 e. The molecule has 2 aromatic heterocycles. The summed E-state index contributed by atoms with van der Waals surface area (Å²) in [4.78, 5) is 28.1. The van der Waals surface area contributed by atoms with Crippen LogP contribution in [0.2, 0.25) is 0 Å². The molecule has 3 heterocycles. The van der Waals surface area contributed by atoms with Crippen LogP contribution >= 0.6 is 11.3 Å². The monoisotopic (exact) mass is 548 g/mol. The van der Waals surface area contributed by atoms with Gasteiger partial charge in [-0.2, -0.15) is 18.3 Å². The van der Waals surface area contributed by atoms with Gasteiger partial charge >= 0.3 is 6.18 Å². The largest absolute Gasteiger partial charge is 0.416 e. The molecule has 38 heavy (non-hydrogen) atoms. The van der Waals surface area contributed by atoms with E-state index in [0.29, 0.717) is 53.3 Å². The van der Waals surface area contributed by atoms with E-state index < -0.39 is 23.2 Å². The number of ketones is 1. The van der Waals surface area contributed by atoms with Gasteiger partial charge in [0.2, 0.25) is 5.91 Å². The molecule has 0 spiro atoms. The summed E-state index contributed by atoms with van der Waals surface area (Å²) in [7, 11) is 1.48. The topological polar surface area (TPSA) is 84.4 Å². The Morgan fingerprint density at radius 3 is 2.53 bits per heavy atom. The number of methoxy groups -OCH3 is 1. The number of nitrogens with zero attached hydrogens (tertiary/aromatic N) is 3.